The van der Waals surface area contributed by atoms with E-state index in [9.17, 15) is 4.79 Å². The first kappa shape index (κ1) is 19.7. The fourth-order valence-corrected chi connectivity index (χ4v) is 3.50. The molecule has 3 rings (SSSR count). The van der Waals surface area contributed by atoms with Crippen molar-refractivity contribution in [2.24, 2.45) is 0 Å². The molecule has 1 amide bonds. The Morgan fingerprint density at radius 2 is 2.04 bits per heavy atom. The highest BCUT2D eigenvalue weighted by Crippen LogP contribution is 2.30. The standard InChI is InChI=1S/C21H25BrN2O3/c1-3-15(2)27-18-6-4-5-16(13-18)21(25)23-17-7-8-20(19(22)14-17)24-9-11-26-12-10-24/h4-8,13-15H,3,9-12H2,1-2H3,(H,23,25)/t15-/m1/s1. The lowest BCUT2D eigenvalue weighted by Crippen LogP contribution is -2.36. The van der Waals surface area contributed by atoms with E-state index in [4.69, 9.17) is 9.47 Å². The molecule has 0 radical (unpaired) electrons. The topological polar surface area (TPSA) is 50.8 Å². The summed E-state index contributed by atoms with van der Waals surface area (Å²) in [7, 11) is 0. The minimum Gasteiger partial charge on any atom is -0.491 e. The Kier molecular flexibility index (Phi) is 6.74. The molecule has 1 N–H and O–H groups in total. The Labute approximate surface area is 168 Å². The normalized spacial score (nSPS) is 15.3. The monoisotopic (exact) mass is 432 g/mol. The van der Waals surface area contributed by atoms with Crippen molar-refractivity contribution >= 4 is 33.2 Å². The number of nitrogens with one attached hydrogen (secondary N) is 1. The summed E-state index contributed by atoms with van der Waals surface area (Å²) in [6.07, 6.45) is 1.03. The van der Waals surface area contributed by atoms with Gasteiger partial charge in [-0.25, -0.2) is 0 Å². The van der Waals surface area contributed by atoms with Gasteiger partial charge in [0.15, 0.2) is 0 Å². The molecule has 2 aromatic carbocycles. The summed E-state index contributed by atoms with van der Waals surface area (Å²) in [6.45, 7) is 7.29. The summed E-state index contributed by atoms with van der Waals surface area (Å²) in [5.41, 5.74) is 2.43. The van der Waals surface area contributed by atoms with E-state index in [0.717, 1.165) is 48.6 Å². The first-order valence-electron chi connectivity index (χ1n) is 9.27. The number of benzene rings is 2. The number of carbonyl (C=O) groups is 1. The van der Waals surface area contributed by atoms with Crippen molar-refractivity contribution in [3.8, 4) is 5.75 Å². The smallest absolute Gasteiger partial charge is 0.255 e. The lowest BCUT2D eigenvalue weighted by Gasteiger charge is -2.29. The predicted molar refractivity (Wildman–Crippen MR) is 112 cm³/mol. The van der Waals surface area contributed by atoms with Crippen LogP contribution in [0.15, 0.2) is 46.9 Å². The van der Waals surface area contributed by atoms with Crippen molar-refractivity contribution in [2.45, 2.75) is 26.4 Å². The molecule has 27 heavy (non-hydrogen) atoms. The Hall–Kier alpha value is -2.05. The molecular weight excluding hydrogens is 408 g/mol. The Balaban J connectivity index is 1.69. The van der Waals surface area contributed by atoms with Gasteiger partial charge in [0.05, 0.1) is 25.0 Å². The van der Waals surface area contributed by atoms with E-state index in [2.05, 4.69) is 33.1 Å². The van der Waals surface area contributed by atoms with Crippen LogP contribution >= 0.6 is 15.9 Å². The zero-order chi connectivity index (χ0) is 19.2. The average molecular weight is 433 g/mol. The molecule has 0 aliphatic carbocycles. The number of amides is 1. The second-order valence-corrected chi connectivity index (χ2v) is 7.44. The van der Waals surface area contributed by atoms with Crippen molar-refractivity contribution < 1.29 is 14.3 Å². The van der Waals surface area contributed by atoms with Crippen molar-refractivity contribution in [1.82, 2.24) is 0 Å². The van der Waals surface area contributed by atoms with Gasteiger partial charge >= 0.3 is 0 Å². The maximum Gasteiger partial charge on any atom is 0.255 e. The molecule has 6 heteroatoms. The molecule has 5 nitrogen and oxygen atoms in total. The molecule has 1 aliphatic rings. The lowest BCUT2D eigenvalue weighted by atomic mass is 10.2. The highest BCUT2D eigenvalue weighted by molar-refractivity contribution is 9.10. The third-order valence-corrected chi connectivity index (χ3v) is 5.20. The molecule has 1 heterocycles. The number of anilines is 2. The summed E-state index contributed by atoms with van der Waals surface area (Å²) in [5.74, 6) is 0.552. The Morgan fingerprint density at radius 1 is 1.26 bits per heavy atom. The van der Waals surface area contributed by atoms with Crippen LogP contribution < -0.4 is 15.0 Å². The first-order chi connectivity index (χ1) is 13.1. The maximum absolute atomic E-state index is 12.6. The average Bonchev–Trinajstić information content (AvgIpc) is 2.69. The third kappa shape index (κ3) is 5.23. The number of hydrogen-bond donors (Lipinski definition) is 1. The van der Waals surface area contributed by atoms with Gasteiger partial charge in [0.2, 0.25) is 0 Å². The van der Waals surface area contributed by atoms with Crippen molar-refractivity contribution in [1.29, 1.82) is 0 Å². The predicted octanol–water partition coefficient (Wildman–Crippen LogP) is 4.72. The van der Waals surface area contributed by atoms with Crippen LogP contribution in [0.2, 0.25) is 0 Å². The van der Waals surface area contributed by atoms with E-state index in [1.165, 1.54) is 0 Å². The van der Waals surface area contributed by atoms with Gasteiger partial charge < -0.3 is 19.7 Å². The molecule has 1 fully saturated rings. The van der Waals surface area contributed by atoms with E-state index in [-0.39, 0.29) is 12.0 Å². The zero-order valence-corrected chi connectivity index (χ0v) is 17.3. The summed E-state index contributed by atoms with van der Waals surface area (Å²) >= 11 is 3.62. The number of hydrogen-bond acceptors (Lipinski definition) is 4. The van der Waals surface area contributed by atoms with Gasteiger partial charge in [-0.3, -0.25) is 4.79 Å². The second-order valence-electron chi connectivity index (χ2n) is 6.58. The Bertz CT molecular complexity index is 791. The third-order valence-electron chi connectivity index (χ3n) is 4.57. The molecule has 0 spiro atoms. The van der Waals surface area contributed by atoms with Gasteiger partial charge in [-0.1, -0.05) is 13.0 Å². The van der Waals surface area contributed by atoms with Crippen LogP contribution in [0.4, 0.5) is 11.4 Å². The summed E-state index contributed by atoms with van der Waals surface area (Å²) in [4.78, 5) is 14.9. The number of morpholine rings is 1. The van der Waals surface area contributed by atoms with E-state index < -0.39 is 0 Å². The van der Waals surface area contributed by atoms with Crippen LogP contribution in [0.25, 0.3) is 0 Å². The van der Waals surface area contributed by atoms with Gasteiger partial charge in [0, 0.05) is 28.8 Å². The molecule has 1 atom stereocenters. The van der Waals surface area contributed by atoms with E-state index >= 15 is 0 Å². The number of halogens is 1. The quantitative estimate of drug-likeness (QED) is 0.717. The minimum absolute atomic E-state index is 0.118. The molecular formula is C21H25BrN2O3. The van der Waals surface area contributed by atoms with Gasteiger partial charge in [0.1, 0.15) is 5.75 Å². The lowest BCUT2D eigenvalue weighted by molar-refractivity contribution is 0.102. The summed E-state index contributed by atoms with van der Waals surface area (Å²) in [6, 6.07) is 13.2. The fraction of sp³-hybridized carbons (Fsp3) is 0.381. The van der Waals surface area contributed by atoms with Crippen LogP contribution in [0.1, 0.15) is 30.6 Å². The van der Waals surface area contributed by atoms with Gasteiger partial charge in [-0.2, -0.15) is 0 Å². The number of carbonyl (C=O) groups excluding carboxylic acids is 1. The fourth-order valence-electron chi connectivity index (χ4n) is 2.87. The molecule has 2 aromatic rings. The molecule has 1 saturated heterocycles. The van der Waals surface area contributed by atoms with Gasteiger partial charge in [0.25, 0.3) is 5.91 Å². The number of rotatable bonds is 6. The van der Waals surface area contributed by atoms with E-state index in [0.29, 0.717) is 11.3 Å². The number of nitrogens with zero attached hydrogens (tertiary/aromatic N) is 1. The molecule has 144 valence electrons. The highest BCUT2D eigenvalue weighted by Gasteiger charge is 2.15. The van der Waals surface area contributed by atoms with Crippen LogP contribution in [0, 0.1) is 0 Å². The maximum atomic E-state index is 12.6. The second kappa shape index (κ2) is 9.24. The van der Waals surface area contributed by atoms with Crippen molar-refractivity contribution in [3.05, 3.63) is 52.5 Å². The Morgan fingerprint density at radius 3 is 2.74 bits per heavy atom. The zero-order valence-electron chi connectivity index (χ0n) is 15.7. The molecule has 0 saturated carbocycles. The van der Waals surface area contributed by atoms with Crippen LogP contribution in [0.3, 0.4) is 0 Å². The highest BCUT2D eigenvalue weighted by atomic mass is 79.9. The van der Waals surface area contributed by atoms with Gasteiger partial charge in [-0.15, -0.1) is 0 Å². The summed E-state index contributed by atoms with van der Waals surface area (Å²) < 4.78 is 12.2. The van der Waals surface area contributed by atoms with Crippen LogP contribution in [0.5, 0.6) is 5.75 Å². The van der Waals surface area contributed by atoms with E-state index in [1.807, 2.05) is 37.3 Å². The molecule has 0 aromatic heterocycles. The van der Waals surface area contributed by atoms with Crippen LogP contribution in [-0.4, -0.2) is 38.3 Å². The largest absolute Gasteiger partial charge is 0.491 e. The first-order valence-corrected chi connectivity index (χ1v) is 10.1. The van der Waals surface area contributed by atoms with Crippen molar-refractivity contribution in [3.63, 3.8) is 0 Å². The molecule has 1 aliphatic heterocycles. The summed E-state index contributed by atoms with van der Waals surface area (Å²) in [5, 5.41) is 2.96. The number of ether oxygens (including phenoxy) is 2. The van der Waals surface area contributed by atoms with Crippen LogP contribution in [-0.2, 0) is 4.74 Å². The van der Waals surface area contributed by atoms with Gasteiger partial charge in [-0.05, 0) is 65.7 Å². The molecule has 0 unspecified atom stereocenters. The SMILES string of the molecule is CC[C@@H](C)Oc1cccc(C(=O)Nc2ccc(N3CCOCC3)c(Br)c2)c1. The van der Waals surface area contributed by atoms with Crippen molar-refractivity contribution in [2.75, 3.05) is 36.5 Å². The minimum atomic E-state index is -0.157. The van der Waals surface area contributed by atoms with E-state index in [1.54, 1.807) is 12.1 Å². The molecule has 0 bridgehead atoms.